The molecule has 1 aliphatic heterocycles. The molecule has 3 nitrogen and oxygen atoms in total. The molecule has 0 spiro atoms. The largest absolute Gasteiger partial charge is 0.379 e. The topological polar surface area (TPSA) is 25.4 Å². The average Bonchev–Trinajstić information content (AvgIpc) is 2.30. The van der Waals surface area contributed by atoms with Gasteiger partial charge in [-0.2, -0.15) is 0 Å². The zero-order valence-corrected chi connectivity index (χ0v) is 10.5. The molecule has 0 aliphatic carbocycles. The van der Waals surface area contributed by atoms with Gasteiger partial charge < -0.3 is 4.74 Å². The molecule has 0 amide bonds. The summed E-state index contributed by atoms with van der Waals surface area (Å²) in [5, 5.41) is 0. The van der Waals surface area contributed by atoms with Crippen molar-refractivity contribution in [3.05, 3.63) is 28.5 Å². The zero-order valence-electron chi connectivity index (χ0n) is 8.95. The van der Waals surface area contributed by atoms with E-state index in [0.717, 1.165) is 42.9 Å². The van der Waals surface area contributed by atoms with E-state index in [9.17, 15) is 0 Å². The summed E-state index contributed by atoms with van der Waals surface area (Å²) in [6.07, 6.45) is 3.53. The Morgan fingerprint density at radius 2 is 2.19 bits per heavy atom. The maximum atomic E-state index is 5.27. The number of halogens is 1. The molecule has 1 aliphatic rings. The number of nitrogens with zero attached hydrogens (tertiary/aromatic N) is 2. The predicted molar refractivity (Wildman–Crippen MR) is 66.1 cm³/mol. The fourth-order valence-electron chi connectivity index (χ4n) is 1.49. The lowest BCUT2D eigenvalue weighted by molar-refractivity contribution is 0.0443. The Labute approximate surface area is 104 Å². The number of pyridine rings is 1. The van der Waals surface area contributed by atoms with Crippen LogP contribution in [-0.2, 0) is 4.74 Å². The highest BCUT2D eigenvalue weighted by Gasteiger charge is 2.07. The molecule has 0 atom stereocenters. The Hall–Kier alpha value is -0.890. The van der Waals surface area contributed by atoms with Crippen LogP contribution in [0.1, 0.15) is 5.56 Å². The van der Waals surface area contributed by atoms with E-state index in [1.54, 1.807) is 12.4 Å². The van der Waals surface area contributed by atoms with Crippen molar-refractivity contribution in [2.45, 2.75) is 0 Å². The second-order valence-corrected chi connectivity index (χ2v) is 4.50. The van der Waals surface area contributed by atoms with Crippen molar-refractivity contribution in [2.24, 2.45) is 0 Å². The van der Waals surface area contributed by atoms with Gasteiger partial charge in [0.1, 0.15) is 0 Å². The minimum Gasteiger partial charge on any atom is -0.379 e. The van der Waals surface area contributed by atoms with E-state index in [2.05, 4.69) is 37.7 Å². The van der Waals surface area contributed by atoms with E-state index in [1.807, 2.05) is 6.07 Å². The summed E-state index contributed by atoms with van der Waals surface area (Å²) in [5.74, 6) is 6.27. The fraction of sp³-hybridized carbons (Fsp3) is 0.417. The molecule has 2 rings (SSSR count). The van der Waals surface area contributed by atoms with Crippen LogP contribution in [0.5, 0.6) is 0 Å². The van der Waals surface area contributed by atoms with E-state index in [0.29, 0.717) is 0 Å². The highest BCUT2D eigenvalue weighted by atomic mass is 79.9. The van der Waals surface area contributed by atoms with E-state index in [1.165, 1.54) is 0 Å². The summed E-state index contributed by atoms with van der Waals surface area (Å²) in [5.41, 5.74) is 0.947. The summed E-state index contributed by atoms with van der Waals surface area (Å²) in [6.45, 7) is 4.40. The van der Waals surface area contributed by atoms with Crippen LogP contribution in [0.4, 0.5) is 0 Å². The van der Waals surface area contributed by atoms with Crippen LogP contribution in [0.15, 0.2) is 22.9 Å². The molecule has 0 saturated carbocycles. The van der Waals surface area contributed by atoms with Crippen molar-refractivity contribution in [1.29, 1.82) is 0 Å². The second kappa shape index (κ2) is 6.00. The lowest BCUT2D eigenvalue weighted by Crippen LogP contribution is -2.36. The molecule has 1 saturated heterocycles. The summed E-state index contributed by atoms with van der Waals surface area (Å²) in [6, 6.07) is 1.97. The van der Waals surface area contributed by atoms with Gasteiger partial charge in [-0.1, -0.05) is 11.8 Å². The van der Waals surface area contributed by atoms with Crippen molar-refractivity contribution in [3.8, 4) is 11.8 Å². The Bertz CT molecular complexity index is 405. The van der Waals surface area contributed by atoms with Crippen LogP contribution in [0.3, 0.4) is 0 Å². The number of hydrogen-bond donors (Lipinski definition) is 0. The fourth-order valence-corrected chi connectivity index (χ4v) is 1.86. The molecule has 1 fully saturated rings. The molecule has 0 N–H and O–H groups in total. The van der Waals surface area contributed by atoms with E-state index in [4.69, 9.17) is 4.74 Å². The number of rotatable bonds is 1. The lowest BCUT2D eigenvalue weighted by atomic mass is 10.3. The molecule has 4 heteroatoms. The first-order valence-electron chi connectivity index (χ1n) is 5.24. The maximum Gasteiger partial charge on any atom is 0.0606 e. The van der Waals surface area contributed by atoms with Gasteiger partial charge in [-0.3, -0.25) is 9.88 Å². The predicted octanol–water partition coefficient (Wildman–Crippen LogP) is 1.53. The molecule has 0 aromatic carbocycles. The number of aromatic nitrogens is 1. The third-order valence-electron chi connectivity index (χ3n) is 2.34. The van der Waals surface area contributed by atoms with Crippen LogP contribution in [0.2, 0.25) is 0 Å². The summed E-state index contributed by atoms with van der Waals surface area (Å²) < 4.78 is 6.24. The third kappa shape index (κ3) is 3.60. The monoisotopic (exact) mass is 280 g/mol. The maximum absolute atomic E-state index is 5.27. The Morgan fingerprint density at radius 1 is 1.38 bits per heavy atom. The summed E-state index contributed by atoms with van der Waals surface area (Å²) in [4.78, 5) is 6.36. The van der Waals surface area contributed by atoms with Crippen LogP contribution in [0.25, 0.3) is 0 Å². The molecule has 0 unspecified atom stereocenters. The molecule has 84 valence electrons. The number of hydrogen-bond acceptors (Lipinski definition) is 3. The summed E-state index contributed by atoms with van der Waals surface area (Å²) >= 11 is 3.37. The van der Waals surface area contributed by atoms with E-state index in [-0.39, 0.29) is 0 Å². The molecule has 1 aromatic rings. The normalized spacial score (nSPS) is 16.6. The van der Waals surface area contributed by atoms with Crippen molar-refractivity contribution < 1.29 is 4.74 Å². The first-order valence-corrected chi connectivity index (χ1v) is 6.03. The molecule has 2 heterocycles. The van der Waals surface area contributed by atoms with Gasteiger partial charge in [-0.25, -0.2) is 0 Å². The highest BCUT2D eigenvalue weighted by Crippen LogP contribution is 2.08. The van der Waals surface area contributed by atoms with Gasteiger partial charge in [-0.05, 0) is 22.0 Å². The first kappa shape index (κ1) is 11.6. The molecule has 16 heavy (non-hydrogen) atoms. The quantitative estimate of drug-likeness (QED) is 0.730. The van der Waals surface area contributed by atoms with Gasteiger partial charge in [0.2, 0.25) is 0 Å². The number of morpholine rings is 1. The van der Waals surface area contributed by atoms with Crippen LogP contribution in [-0.4, -0.2) is 42.7 Å². The van der Waals surface area contributed by atoms with Gasteiger partial charge in [-0.15, -0.1) is 0 Å². The van der Waals surface area contributed by atoms with E-state index < -0.39 is 0 Å². The molecular formula is C12H13BrN2O. The van der Waals surface area contributed by atoms with Crippen LogP contribution >= 0.6 is 15.9 Å². The lowest BCUT2D eigenvalue weighted by Gasteiger charge is -2.24. The summed E-state index contributed by atoms with van der Waals surface area (Å²) in [7, 11) is 0. The minimum absolute atomic E-state index is 0.801. The third-order valence-corrected chi connectivity index (χ3v) is 2.78. The molecule has 0 bridgehead atoms. The number of ether oxygens (including phenoxy) is 1. The standard InChI is InChI=1S/C12H13BrN2O/c13-12-8-11(9-14-10-12)2-1-3-15-4-6-16-7-5-15/h8-10H,3-7H2. The van der Waals surface area contributed by atoms with Gasteiger partial charge in [0.15, 0.2) is 0 Å². The van der Waals surface area contributed by atoms with Gasteiger partial charge in [0.25, 0.3) is 0 Å². The van der Waals surface area contributed by atoms with Crippen molar-refractivity contribution in [2.75, 3.05) is 32.8 Å². The Morgan fingerprint density at radius 3 is 2.94 bits per heavy atom. The average molecular weight is 281 g/mol. The minimum atomic E-state index is 0.801. The van der Waals surface area contributed by atoms with Gasteiger partial charge in [0, 0.05) is 35.5 Å². The van der Waals surface area contributed by atoms with Gasteiger partial charge >= 0.3 is 0 Å². The zero-order chi connectivity index (χ0) is 11.2. The van der Waals surface area contributed by atoms with Crippen molar-refractivity contribution in [3.63, 3.8) is 0 Å². The molecule has 0 radical (unpaired) electrons. The smallest absolute Gasteiger partial charge is 0.0606 e. The Balaban J connectivity index is 1.89. The highest BCUT2D eigenvalue weighted by molar-refractivity contribution is 9.10. The molecule has 1 aromatic heterocycles. The SMILES string of the molecule is Brc1cncc(C#CCN2CCOCC2)c1. The van der Waals surface area contributed by atoms with Crippen molar-refractivity contribution in [1.82, 2.24) is 9.88 Å². The van der Waals surface area contributed by atoms with Crippen LogP contribution in [0, 0.1) is 11.8 Å². The van der Waals surface area contributed by atoms with Crippen molar-refractivity contribution >= 4 is 15.9 Å². The molecular weight excluding hydrogens is 268 g/mol. The second-order valence-electron chi connectivity index (χ2n) is 3.58. The Kier molecular flexibility index (Phi) is 4.34. The first-order chi connectivity index (χ1) is 7.84. The van der Waals surface area contributed by atoms with Crippen LogP contribution < -0.4 is 0 Å². The van der Waals surface area contributed by atoms with Gasteiger partial charge in [0.05, 0.1) is 19.8 Å². The van der Waals surface area contributed by atoms with E-state index >= 15 is 0 Å².